The van der Waals surface area contributed by atoms with Crippen LogP contribution in [0.15, 0.2) is 83.0 Å². The lowest BCUT2D eigenvalue weighted by Gasteiger charge is -2.30. The number of rotatable bonds is 9. The quantitative estimate of drug-likeness (QED) is 0.252. The maximum absolute atomic E-state index is 13.4. The highest BCUT2D eigenvalue weighted by Crippen LogP contribution is 2.36. The second-order valence-electron chi connectivity index (χ2n) is 8.55. The summed E-state index contributed by atoms with van der Waals surface area (Å²) in [5, 5.41) is 3.00. The van der Waals surface area contributed by atoms with Crippen LogP contribution >= 0.6 is 15.9 Å². The summed E-state index contributed by atoms with van der Waals surface area (Å²) >= 11 is 3.50. The smallest absolute Gasteiger partial charge is 0.294 e. The Morgan fingerprint density at radius 3 is 2.56 bits per heavy atom. The number of nitrogens with one attached hydrogen (secondary N) is 1. The second kappa shape index (κ2) is 11.9. The van der Waals surface area contributed by atoms with Crippen molar-refractivity contribution in [3.63, 3.8) is 0 Å². The molecule has 1 aliphatic rings. The topological polar surface area (TPSA) is 67.9 Å². The predicted molar refractivity (Wildman–Crippen MR) is 145 cm³/mol. The Morgan fingerprint density at radius 1 is 1.08 bits per heavy atom. The first-order valence-electron chi connectivity index (χ1n) is 12.0. The van der Waals surface area contributed by atoms with Gasteiger partial charge in [-0.15, -0.1) is 0 Å². The highest BCUT2D eigenvalue weighted by atomic mass is 79.9. The zero-order chi connectivity index (χ0) is 25.5. The number of hydrogen-bond donors (Lipinski definition) is 1. The van der Waals surface area contributed by atoms with E-state index in [9.17, 15) is 9.59 Å². The third-order valence-corrected chi connectivity index (χ3v) is 6.57. The fourth-order valence-corrected chi connectivity index (χ4v) is 4.25. The Hall–Kier alpha value is -3.58. The van der Waals surface area contributed by atoms with E-state index >= 15 is 0 Å². The van der Waals surface area contributed by atoms with Gasteiger partial charge in [-0.25, -0.2) is 0 Å². The van der Waals surface area contributed by atoms with Gasteiger partial charge in [-0.2, -0.15) is 0 Å². The van der Waals surface area contributed by atoms with Gasteiger partial charge in [-0.1, -0.05) is 71.7 Å². The predicted octanol–water partition coefficient (Wildman–Crippen LogP) is 6.27. The molecule has 3 aromatic carbocycles. The van der Waals surface area contributed by atoms with Crippen molar-refractivity contribution in [1.82, 2.24) is 5.32 Å². The summed E-state index contributed by atoms with van der Waals surface area (Å²) in [6, 6.07) is 22.2. The van der Waals surface area contributed by atoms with E-state index in [1.54, 1.807) is 18.2 Å². The first-order valence-corrected chi connectivity index (χ1v) is 12.8. The molecule has 0 aliphatic carbocycles. The van der Waals surface area contributed by atoms with E-state index in [-0.39, 0.29) is 30.2 Å². The molecule has 1 aliphatic heterocycles. The lowest BCUT2D eigenvalue weighted by molar-refractivity contribution is -0.123. The Kier molecular flexibility index (Phi) is 8.44. The average molecular weight is 549 g/mol. The lowest BCUT2D eigenvalue weighted by atomic mass is 10.1. The summed E-state index contributed by atoms with van der Waals surface area (Å²) in [7, 11) is 0. The molecule has 36 heavy (non-hydrogen) atoms. The number of ether oxygens (including phenoxy) is 2. The molecule has 2 amide bonds. The maximum atomic E-state index is 13.4. The summed E-state index contributed by atoms with van der Waals surface area (Å²) < 4.78 is 12.5. The fourth-order valence-electron chi connectivity index (χ4n) is 3.85. The van der Waals surface area contributed by atoms with Crippen molar-refractivity contribution in [1.29, 1.82) is 0 Å². The molecule has 186 valence electrons. The van der Waals surface area contributed by atoms with Crippen LogP contribution < -0.4 is 19.7 Å². The Labute approximate surface area is 220 Å². The number of carbonyl (C=O) groups excluding carboxylic acids is 2. The normalized spacial score (nSPS) is 14.7. The number of anilines is 1. The molecular weight excluding hydrogens is 520 g/mol. The zero-order valence-electron chi connectivity index (χ0n) is 20.4. The Morgan fingerprint density at radius 2 is 1.81 bits per heavy atom. The number of halogens is 1. The zero-order valence-corrected chi connectivity index (χ0v) is 22.0. The van der Waals surface area contributed by atoms with Crippen LogP contribution in [0, 0.1) is 0 Å². The maximum Gasteiger partial charge on any atom is 0.294 e. The number of hydrogen-bond acceptors (Lipinski definition) is 4. The Balaban J connectivity index is 1.47. The van der Waals surface area contributed by atoms with Crippen molar-refractivity contribution < 1.29 is 19.1 Å². The first-order chi connectivity index (χ1) is 17.5. The van der Waals surface area contributed by atoms with Crippen LogP contribution in [-0.4, -0.2) is 25.0 Å². The van der Waals surface area contributed by atoms with Crippen LogP contribution in [0.3, 0.4) is 0 Å². The molecule has 0 radical (unpaired) electrons. The van der Waals surface area contributed by atoms with Crippen molar-refractivity contribution in [2.75, 3.05) is 18.1 Å². The molecule has 1 N–H and O–H groups in total. The highest BCUT2D eigenvalue weighted by molar-refractivity contribution is 9.10. The molecular formula is C29H29BrN2O4. The molecule has 1 atom stereocenters. The summed E-state index contributed by atoms with van der Waals surface area (Å²) in [5.74, 6) is 0.845. The fraction of sp³-hybridized carbons (Fsp3) is 0.241. The molecule has 0 bridgehead atoms. The van der Waals surface area contributed by atoms with Crippen molar-refractivity contribution in [2.24, 2.45) is 0 Å². The van der Waals surface area contributed by atoms with E-state index in [1.165, 1.54) is 4.90 Å². The Bertz CT molecular complexity index is 1260. The third kappa shape index (κ3) is 6.15. The number of benzene rings is 3. The molecule has 0 saturated heterocycles. The minimum absolute atomic E-state index is 0.130. The van der Waals surface area contributed by atoms with E-state index in [0.29, 0.717) is 18.0 Å². The molecule has 0 aromatic heterocycles. The van der Waals surface area contributed by atoms with Gasteiger partial charge in [0.25, 0.3) is 5.91 Å². The minimum atomic E-state index is -0.374. The summed E-state index contributed by atoms with van der Waals surface area (Å²) in [5.41, 5.74) is 2.32. The van der Waals surface area contributed by atoms with Crippen LogP contribution in [0.2, 0.25) is 0 Å². The van der Waals surface area contributed by atoms with Gasteiger partial charge in [0.15, 0.2) is 11.5 Å². The van der Waals surface area contributed by atoms with Gasteiger partial charge in [0.2, 0.25) is 5.91 Å². The van der Waals surface area contributed by atoms with Gasteiger partial charge >= 0.3 is 0 Å². The molecule has 6 nitrogen and oxygen atoms in total. The number of nitrogens with zero attached hydrogens (tertiary/aromatic N) is 1. The third-order valence-electron chi connectivity index (χ3n) is 5.85. The number of carbonyl (C=O) groups is 2. The first kappa shape index (κ1) is 25.5. The molecule has 0 unspecified atom stereocenters. The highest BCUT2D eigenvalue weighted by Gasteiger charge is 2.32. The standard InChI is InChI=1S/C29H29BrN2O4/c1-3-4-17-35-23-15-13-21(14-16-23)20(2)31-28(33)19-32-25-11-7-8-12-26(25)36-27(29(32)34)18-22-9-5-6-10-24(22)30/h5-16,18,20H,3-4,17,19H2,1-2H3,(H,31,33)/b27-18+/t20-/m1/s1. The molecule has 4 rings (SSSR count). The largest absolute Gasteiger partial charge is 0.494 e. The lowest BCUT2D eigenvalue weighted by Crippen LogP contribution is -2.44. The monoisotopic (exact) mass is 548 g/mol. The average Bonchev–Trinajstić information content (AvgIpc) is 2.88. The van der Waals surface area contributed by atoms with Crippen LogP contribution in [0.4, 0.5) is 5.69 Å². The van der Waals surface area contributed by atoms with Gasteiger partial charge in [0.1, 0.15) is 12.3 Å². The number of amides is 2. The van der Waals surface area contributed by atoms with Crippen LogP contribution in [0.25, 0.3) is 6.08 Å². The van der Waals surface area contributed by atoms with Gasteiger partial charge in [-0.3, -0.25) is 14.5 Å². The minimum Gasteiger partial charge on any atom is -0.494 e. The SMILES string of the molecule is CCCCOc1ccc([C@@H](C)NC(=O)CN2C(=O)/C(=C\c3ccccc3Br)Oc3ccccc32)cc1. The second-order valence-corrected chi connectivity index (χ2v) is 9.41. The van der Waals surface area contributed by atoms with Gasteiger partial charge < -0.3 is 14.8 Å². The number of fused-ring (bicyclic) bond motifs is 1. The van der Waals surface area contributed by atoms with E-state index < -0.39 is 0 Å². The van der Waals surface area contributed by atoms with Crippen LogP contribution in [-0.2, 0) is 9.59 Å². The van der Waals surface area contributed by atoms with E-state index in [1.807, 2.05) is 67.6 Å². The van der Waals surface area contributed by atoms with Crippen LogP contribution in [0.5, 0.6) is 11.5 Å². The molecule has 3 aromatic rings. The molecule has 0 fully saturated rings. The summed E-state index contributed by atoms with van der Waals surface area (Å²) in [4.78, 5) is 27.8. The molecule has 1 heterocycles. The number of para-hydroxylation sites is 2. The molecule has 0 spiro atoms. The van der Waals surface area contributed by atoms with Gasteiger partial charge in [-0.05, 0) is 60.9 Å². The van der Waals surface area contributed by atoms with E-state index in [0.717, 1.165) is 34.2 Å². The van der Waals surface area contributed by atoms with Gasteiger partial charge in [0, 0.05) is 4.47 Å². The molecule has 7 heteroatoms. The van der Waals surface area contributed by atoms with Crippen LogP contribution in [0.1, 0.15) is 43.9 Å². The number of unbranched alkanes of at least 4 members (excludes halogenated alkanes) is 1. The van der Waals surface area contributed by atoms with Crippen molar-refractivity contribution in [2.45, 2.75) is 32.7 Å². The summed E-state index contributed by atoms with van der Waals surface area (Å²) in [6.45, 7) is 4.60. The van der Waals surface area contributed by atoms with Crippen molar-refractivity contribution in [3.8, 4) is 11.5 Å². The van der Waals surface area contributed by atoms with E-state index in [2.05, 4.69) is 28.2 Å². The summed E-state index contributed by atoms with van der Waals surface area (Å²) in [6.07, 6.45) is 3.77. The van der Waals surface area contributed by atoms with Crippen molar-refractivity contribution >= 4 is 39.5 Å². The van der Waals surface area contributed by atoms with Gasteiger partial charge in [0.05, 0.1) is 18.3 Å². The van der Waals surface area contributed by atoms with E-state index in [4.69, 9.17) is 9.47 Å². The molecule has 0 saturated carbocycles. The van der Waals surface area contributed by atoms with Crippen molar-refractivity contribution in [3.05, 3.63) is 94.2 Å².